The van der Waals surface area contributed by atoms with E-state index >= 15 is 0 Å². The number of carbonyl (C=O) groups excluding carboxylic acids is 2. The Kier molecular flexibility index (Phi) is 15.3. The van der Waals surface area contributed by atoms with E-state index in [1.54, 1.807) is 21.0 Å². The lowest BCUT2D eigenvalue weighted by molar-refractivity contribution is -0.145. The van der Waals surface area contributed by atoms with Crippen LogP contribution in [-0.4, -0.2) is 91.0 Å². The molecule has 0 aliphatic rings. The molecule has 0 spiro atoms. The molecule has 2 amide bonds. The van der Waals surface area contributed by atoms with Gasteiger partial charge < -0.3 is 39.8 Å². The van der Waals surface area contributed by atoms with Crippen LogP contribution in [0.4, 0.5) is 0 Å². The number of hydrogen-bond acceptors (Lipinski definition) is 8. The molecule has 1 atom stereocenters. The van der Waals surface area contributed by atoms with Crippen LogP contribution in [0.2, 0.25) is 0 Å². The van der Waals surface area contributed by atoms with E-state index in [0.29, 0.717) is 77.5 Å². The average Bonchev–Trinajstić information content (AvgIpc) is 3.16. The quantitative estimate of drug-likeness (QED) is 0.173. The summed E-state index contributed by atoms with van der Waals surface area (Å²) in [5.74, 6) is -0.262. The van der Waals surface area contributed by atoms with Crippen molar-refractivity contribution >= 4 is 11.8 Å². The predicted octanol–water partition coefficient (Wildman–Crippen LogP) is 2.51. The Bertz CT molecular complexity index is 837. The van der Waals surface area contributed by atoms with Crippen LogP contribution in [0.3, 0.4) is 0 Å². The molecule has 1 aromatic heterocycles. The number of aromatic hydroxyl groups is 2. The minimum Gasteiger partial charge on any atom is -0.494 e. The molecule has 1 unspecified atom stereocenters. The number of carbonyl (C=O) groups is 2. The van der Waals surface area contributed by atoms with E-state index in [9.17, 15) is 19.8 Å². The fourth-order valence-corrected chi connectivity index (χ4v) is 3.59. The molecule has 1 heterocycles. The monoisotopic (exact) mass is 543 g/mol. The second kappa shape index (κ2) is 17.3. The number of ether oxygens (including phenoxy) is 4. The van der Waals surface area contributed by atoms with Gasteiger partial charge in [-0.1, -0.05) is 13.8 Å². The summed E-state index contributed by atoms with van der Waals surface area (Å²) in [4.78, 5) is 24.3. The van der Waals surface area contributed by atoms with Gasteiger partial charge in [-0.25, -0.2) is 0 Å². The molecule has 38 heavy (non-hydrogen) atoms. The standard InChI is InChI=1S/C27H49N3O8/c1-7-21-20-23(32)30(24(21)33)14-9-10-22(31)28-12-16-36-18-19-37-17-13-29-25(34)26(3,4)38-15-11-27(5,8-2)35-6/h20,32-33H,7-19H2,1-6H3,(H,28,31)(H,29,34). The summed E-state index contributed by atoms with van der Waals surface area (Å²) in [6, 6.07) is 1.54. The van der Waals surface area contributed by atoms with Crippen LogP contribution >= 0.6 is 0 Å². The summed E-state index contributed by atoms with van der Waals surface area (Å²) in [5, 5.41) is 25.5. The highest BCUT2D eigenvalue weighted by Crippen LogP contribution is 2.28. The molecular formula is C27H49N3O8. The summed E-state index contributed by atoms with van der Waals surface area (Å²) < 4.78 is 23.6. The Morgan fingerprint density at radius 1 is 0.974 bits per heavy atom. The van der Waals surface area contributed by atoms with E-state index in [4.69, 9.17) is 18.9 Å². The van der Waals surface area contributed by atoms with Crippen LogP contribution in [0.15, 0.2) is 6.07 Å². The van der Waals surface area contributed by atoms with E-state index in [2.05, 4.69) is 17.6 Å². The highest BCUT2D eigenvalue weighted by atomic mass is 16.5. The minimum absolute atomic E-state index is 0.00364. The number of aryl methyl sites for hydroxylation is 1. The number of methoxy groups -OCH3 is 1. The molecule has 0 aromatic carbocycles. The SMILES string of the molecule is CCc1cc(O)n(CCCC(=O)NCCOCCOCCNC(=O)C(C)(C)OCCC(C)(CC)OC)c1O. The van der Waals surface area contributed by atoms with Gasteiger partial charge in [-0.3, -0.25) is 14.2 Å². The second-order valence-electron chi connectivity index (χ2n) is 9.91. The number of amides is 2. The highest BCUT2D eigenvalue weighted by Gasteiger charge is 2.30. The first kappa shape index (κ1) is 33.7. The van der Waals surface area contributed by atoms with Crippen LogP contribution in [0.5, 0.6) is 11.8 Å². The minimum atomic E-state index is -0.944. The third kappa shape index (κ3) is 12.0. The molecule has 4 N–H and O–H groups in total. The van der Waals surface area contributed by atoms with Crippen molar-refractivity contribution in [3.05, 3.63) is 11.6 Å². The third-order valence-electron chi connectivity index (χ3n) is 6.64. The summed E-state index contributed by atoms with van der Waals surface area (Å²) in [7, 11) is 1.68. The van der Waals surface area contributed by atoms with Gasteiger partial charge in [0, 0.05) is 44.8 Å². The van der Waals surface area contributed by atoms with E-state index < -0.39 is 5.60 Å². The van der Waals surface area contributed by atoms with Gasteiger partial charge in [-0.15, -0.1) is 0 Å². The molecule has 11 nitrogen and oxygen atoms in total. The molecule has 220 valence electrons. The molecule has 0 bridgehead atoms. The zero-order chi connectivity index (χ0) is 28.6. The fourth-order valence-electron chi connectivity index (χ4n) is 3.59. The molecule has 0 saturated heterocycles. The number of nitrogens with one attached hydrogen (secondary N) is 2. The Balaban J connectivity index is 2.03. The topological polar surface area (TPSA) is 141 Å². The van der Waals surface area contributed by atoms with E-state index in [1.165, 1.54) is 10.6 Å². The van der Waals surface area contributed by atoms with Crippen LogP contribution in [0, 0.1) is 0 Å². The fraction of sp³-hybridized carbons (Fsp3) is 0.778. The molecule has 11 heteroatoms. The Morgan fingerprint density at radius 2 is 1.61 bits per heavy atom. The second-order valence-corrected chi connectivity index (χ2v) is 9.91. The first-order valence-electron chi connectivity index (χ1n) is 13.5. The molecule has 1 aromatic rings. The van der Waals surface area contributed by atoms with Crippen LogP contribution < -0.4 is 10.6 Å². The Hall–Kier alpha value is -2.34. The number of rotatable bonds is 21. The highest BCUT2D eigenvalue weighted by molar-refractivity contribution is 5.84. The van der Waals surface area contributed by atoms with Crippen molar-refractivity contribution in [3.63, 3.8) is 0 Å². The molecule has 0 aliphatic heterocycles. The van der Waals surface area contributed by atoms with Gasteiger partial charge in [0.05, 0.1) is 38.6 Å². The Morgan fingerprint density at radius 3 is 2.16 bits per heavy atom. The van der Waals surface area contributed by atoms with Gasteiger partial charge in [0.25, 0.3) is 5.91 Å². The molecule has 0 radical (unpaired) electrons. The largest absolute Gasteiger partial charge is 0.494 e. The lowest BCUT2D eigenvalue weighted by Gasteiger charge is -2.29. The van der Waals surface area contributed by atoms with Crippen molar-refractivity contribution in [2.45, 2.75) is 84.5 Å². The summed E-state index contributed by atoms with van der Waals surface area (Å²) in [6.07, 6.45) is 2.96. The number of aromatic nitrogens is 1. The maximum absolute atomic E-state index is 12.4. The molecule has 0 saturated carbocycles. The first-order chi connectivity index (χ1) is 18.0. The molecule has 0 aliphatic carbocycles. The zero-order valence-corrected chi connectivity index (χ0v) is 24.1. The summed E-state index contributed by atoms with van der Waals surface area (Å²) in [6.45, 7) is 12.5. The first-order valence-corrected chi connectivity index (χ1v) is 13.5. The van der Waals surface area contributed by atoms with Crippen molar-refractivity contribution in [3.8, 4) is 11.8 Å². The third-order valence-corrected chi connectivity index (χ3v) is 6.64. The van der Waals surface area contributed by atoms with E-state index in [1.807, 2.05) is 13.8 Å². The van der Waals surface area contributed by atoms with Crippen molar-refractivity contribution < 1.29 is 38.7 Å². The Labute approximate surface area is 227 Å². The van der Waals surface area contributed by atoms with Gasteiger partial charge in [-0.2, -0.15) is 0 Å². The maximum Gasteiger partial charge on any atom is 0.251 e. The van der Waals surface area contributed by atoms with E-state index in [0.717, 1.165) is 6.42 Å². The lowest BCUT2D eigenvalue weighted by Crippen LogP contribution is -2.46. The van der Waals surface area contributed by atoms with Crippen LogP contribution in [0.25, 0.3) is 0 Å². The van der Waals surface area contributed by atoms with Crippen molar-refractivity contribution in [2.24, 2.45) is 0 Å². The molecule has 0 fully saturated rings. The van der Waals surface area contributed by atoms with Crippen molar-refractivity contribution in [1.29, 1.82) is 0 Å². The lowest BCUT2D eigenvalue weighted by atomic mass is 9.99. The van der Waals surface area contributed by atoms with Crippen LogP contribution in [-0.2, 0) is 41.5 Å². The summed E-state index contributed by atoms with van der Waals surface area (Å²) in [5.41, 5.74) is -0.520. The zero-order valence-electron chi connectivity index (χ0n) is 24.1. The van der Waals surface area contributed by atoms with Gasteiger partial charge >= 0.3 is 0 Å². The molecular weight excluding hydrogens is 494 g/mol. The van der Waals surface area contributed by atoms with Crippen molar-refractivity contribution in [2.75, 3.05) is 53.2 Å². The normalized spacial score (nSPS) is 13.3. The smallest absolute Gasteiger partial charge is 0.251 e. The van der Waals surface area contributed by atoms with Gasteiger partial charge in [0.2, 0.25) is 5.91 Å². The van der Waals surface area contributed by atoms with Crippen LogP contribution in [0.1, 0.15) is 65.9 Å². The van der Waals surface area contributed by atoms with E-state index in [-0.39, 0.29) is 35.6 Å². The van der Waals surface area contributed by atoms with Gasteiger partial charge in [0.15, 0.2) is 11.8 Å². The maximum atomic E-state index is 12.4. The van der Waals surface area contributed by atoms with Gasteiger partial charge in [-0.05, 0) is 46.5 Å². The summed E-state index contributed by atoms with van der Waals surface area (Å²) >= 11 is 0. The average molecular weight is 544 g/mol. The number of nitrogens with zero attached hydrogens (tertiary/aromatic N) is 1. The van der Waals surface area contributed by atoms with Gasteiger partial charge in [0.1, 0.15) is 5.60 Å². The number of hydrogen-bond donors (Lipinski definition) is 4. The van der Waals surface area contributed by atoms with Crippen molar-refractivity contribution in [1.82, 2.24) is 15.2 Å². The predicted molar refractivity (Wildman–Crippen MR) is 144 cm³/mol. The molecule has 1 rings (SSSR count).